The molecule has 2 heterocycles. The molecule has 0 bridgehead atoms. The number of hydrogen-bond donors (Lipinski definition) is 3. The molecule has 0 aromatic carbocycles. The molecule has 0 spiro atoms. The second-order valence-corrected chi connectivity index (χ2v) is 3.39. The Labute approximate surface area is 104 Å². The maximum Gasteiger partial charge on any atom is 0.226 e. The van der Waals surface area contributed by atoms with Crippen molar-refractivity contribution in [1.29, 1.82) is 0 Å². The largest absolute Gasteiger partial charge is 0.368 e. The summed E-state index contributed by atoms with van der Waals surface area (Å²) >= 11 is 0. The van der Waals surface area contributed by atoms with Crippen LogP contribution in [0.15, 0.2) is 0 Å². The van der Waals surface area contributed by atoms with Gasteiger partial charge in [-0.2, -0.15) is 15.0 Å². The minimum atomic E-state index is 0.0417. The van der Waals surface area contributed by atoms with E-state index in [1.54, 1.807) is 0 Å². The van der Waals surface area contributed by atoms with E-state index in [0.717, 1.165) is 17.5 Å². The molecular weight excluding hydrogens is 234 g/mol. The summed E-state index contributed by atoms with van der Waals surface area (Å²) in [5, 5.41) is 0. The first-order valence-electron chi connectivity index (χ1n) is 5.05. The molecule has 18 heavy (non-hydrogen) atoms. The zero-order valence-corrected chi connectivity index (χ0v) is 10.4. The zero-order chi connectivity index (χ0) is 13.7. The SMILES string of the molecule is Cc1nc(C)nc(C)n1.Nc1nc(N)nc(N)n1. The van der Waals surface area contributed by atoms with Gasteiger partial charge in [0.2, 0.25) is 17.8 Å². The van der Waals surface area contributed by atoms with Crippen molar-refractivity contribution < 1.29 is 0 Å². The van der Waals surface area contributed by atoms with Gasteiger partial charge in [0.05, 0.1) is 0 Å². The maximum atomic E-state index is 5.14. The van der Waals surface area contributed by atoms with E-state index in [2.05, 4.69) is 29.9 Å². The summed E-state index contributed by atoms with van der Waals surface area (Å²) in [4.78, 5) is 22.5. The van der Waals surface area contributed by atoms with Crippen LogP contribution in [0.4, 0.5) is 17.8 Å². The Kier molecular flexibility index (Phi) is 4.24. The third-order valence-electron chi connectivity index (χ3n) is 1.66. The summed E-state index contributed by atoms with van der Waals surface area (Å²) in [6.45, 7) is 5.59. The van der Waals surface area contributed by atoms with E-state index >= 15 is 0 Å². The molecular formula is C9H15N9. The van der Waals surface area contributed by atoms with Gasteiger partial charge in [0.1, 0.15) is 17.5 Å². The number of hydrogen-bond acceptors (Lipinski definition) is 9. The molecule has 0 atom stereocenters. The quantitative estimate of drug-likeness (QED) is 0.555. The van der Waals surface area contributed by atoms with Gasteiger partial charge in [-0.15, -0.1) is 0 Å². The molecule has 0 unspecified atom stereocenters. The summed E-state index contributed by atoms with van der Waals surface area (Å²) in [7, 11) is 0. The predicted molar refractivity (Wildman–Crippen MR) is 67.1 cm³/mol. The van der Waals surface area contributed by atoms with Gasteiger partial charge in [0, 0.05) is 0 Å². The second kappa shape index (κ2) is 5.66. The monoisotopic (exact) mass is 249 g/mol. The van der Waals surface area contributed by atoms with Crippen LogP contribution in [0, 0.1) is 20.8 Å². The molecule has 0 radical (unpaired) electrons. The van der Waals surface area contributed by atoms with Crippen molar-refractivity contribution in [3.8, 4) is 0 Å². The first-order chi connectivity index (χ1) is 8.36. The van der Waals surface area contributed by atoms with Crippen molar-refractivity contribution in [1.82, 2.24) is 29.9 Å². The third-order valence-corrected chi connectivity index (χ3v) is 1.66. The lowest BCUT2D eigenvalue weighted by Crippen LogP contribution is -2.05. The average molecular weight is 249 g/mol. The molecule has 0 saturated carbocycles. The van der Waals surface area contributed by atoms with Crippen LogP contribution in [0.2, 0.25) is 0 Å². The molecule has 0 fully saturated rings. The number of anilines is 3. The number of aryl methyl sites for hydroxylation is 3. The van der Waals surface area contributed by atoms with Crippen LogP contribution >= 0.6 is 0 Å². The van der Waals surface area contributed by atoms with Crippen LogP contribution < -0.4 is 17.2 Å². The number of nitrogens with two attached hydrogens (primary N) is 3. The van der Waals surface area contributed by atoms with E-state index in [4.69, 9.17) is 17.2 Å². The average Bonchev–Trinajstić information content (AvgIpc) is 2.12. The van der Waals surface area contributed by atoms with Gasteiger partial charge in [-0.25, -0.2) is 15.0 Å². The van der Waals surface area contributed by atoms with E-state index in [-0.39, 0.29) is 17.8 Å². The number of nitrogen functional groups attached to an aromatic ring is 3. The maximum absolute atomic E-state index is 5.14. The first-order valence-corrected chi connectivity index (χ1v) is 5.05. The van der Waals surface area contributed by atoms with E-state index in [9.17, 15) is 0 Å². The zero-order valence-electron chi connectivity index (χ0n) is 10.4. The van der Waals surface area contributed by atoms with Gasteiger partial charge >= 0.3 is 0 Å². The van der Waals surface area contributed by atoms with E-state index in [1.807, 2.05) is 20.8 Å². The lowest BCUT2D eigenvalue weighted by Gasteiger charge is -1.94. The first kappa shape index (κ1) is 13.5. The fourth-order valence-corrected chi connectivity index (χ4v) is 1.20. The van der Waals surface area contributed by atoms with Gasteiger partial charge in [-0.05, 0) is 20.8 Å². The van der Waals surface area contributed by atoms with Crippen LogP contribution in [0.3, 0.4) is 0 Å². The molecule has 2 aromatic rings. The predicted octanol–water partition coefficient (Wildman–Crippen LogP) is -0.585. The minimum absolute atomic E-state index is 0.0417. The molecule has 0 amide bonds. The summed E-state index contributed by atoms with van der Waals surface area (Å²) in [6.07, 6.45) is 0. The highest BCUT2D eigenvalue weighted by molar-refractivity contribution is 5.33. The Balaban J connectivity index is 0.000000180. The van der Waals surface area contributed by atoms with Gasteiger partial charge in [-0.3, -0.25) is 0 Å². The van der Waals surface area contributed by atoms with E-state index in [1.165, 1.54) is 0 Å². The summed E-state index contributed by atoms with van der Waals surface area (Å²) in [5.74, 6) is 2.50. The summed E-state index contributed by atoms with van der Waals surface area (Å²) in [6, 6.07) is 0. The Morgan fingerprint density at radius 1 is 0.500 bits per heavy atom. The highest BCUT2D eigenvalue weighted by Gasteiger charge is 1.94. The Morgan fingerprint density at radius 2 is 0.722 bits per heavy atom. The number of nitrogens with zero attached hydrogens (tertiary/aromatic N) is 6. The molecule has 2 aromatic heterocycles. The summed E-state index contributed by atoms with van der Waals surface area (Å²) in [5.41, 5.74) is 15.4. The number of aromatic nitrogens is 6. The molecule has 9 heteroatoms. The summed E-state index contributed by atoms with van der Waals surface area (Å²) < 4.78 is 0. The standard InChI is InChI=1S/C6H9N3.C3H6N6/c1-4-7-5(2)9-6(3)8-4;4-1-7-2(5)9-3(6)8-1/h1-3H3;(H6,4,5,6,7,8,9). The third kappa shape index (κ3) is 4.51. The molecule has 2 rings (SSSR count). The fraction of sp³-hybridized carbons (Fsp3) is 0.333. The Bertz CT molecular complexity index is 389. The van der Waals surface area contributed by atoms with Crippen molar-refractivity contribution >= 4 is 17.8 Å². The van der Waals surface area contributed by atoms with Crippen molar-refractivity contribution in [2.45, 2.75) is 20.8 Å². The van der Waals surface area contributed by atoms with Crippen molar-refractivity contribution in [2.24, 2.45) is 0 Å². The van der Waals surface area contributed by atoms with E-state index in [0.29, 0.717) is 0 Å². The second-order valence-electron chi connectivity index (χ2n) is 3.39. The van der Waals surface area contributed by atoms with Crippen LogP contribution in [0.25, 0.3) is 0 Å². The molecule has 0 aliphatic rings. The van der Waals surface area contributed by atoms with E-state index < -0.39 is 0 Å². The van der Waals surface area contributed by atoms with Gasteiger partial charge in [-0.1, -0.05) is 0 Å². The molecule has 0 saturated heterocycles. The van der Waals surface area contributed by atoms with Crippen molar-refractivity contribution in [3.63, 3.8) is 0 Å². The normalized spacial score (nSPS) is 9.50. The smallest absolute Gasteiger partial charge is 0.226 e. The van der Waals surface area contributed by atoms with Crippen molar-refractivity contribution in [2.75, 3.05) is 17.2 Å². The Morgan fingerprint density at radius 3 is 0.944 bits per heavy atom. The van der Waals surface area contributed by atoms with Crippen LogP contribution in [-0.4, -0.2) is 29.9 Å². The van der Waals surface area contributed by atoms with Crippen LogP contribution in [0.1, 0.15) is 17.5 Å². The van der Waals surface area contributed by atoms with Crippen LogP contribution in [-0.2, 0) is 0 Å². The molecule has 96 valence electrons. The lowest BCUT2D eigenvalue weighted by molar-refractivity contribution is 0.875. The minimum Gasteiger partial charge on any atom is -0.368 e. The topological polar surface area (TPSA) is 155 Å². The van der Waals surface area contributed by atoms with Gasteiger partial charge in [0.25, 0.3) is 0 Å². The molecule has 9 nitrogen and oxygen atoms in total. The van der Waals surface area contributed by atoms with Crippen molar-refractivity contribution in [3.05, 3.63) is 17.5 Å². The Hall–Kier alpha value is -2.58. The number of rotatable bonds is 0. The molecule has 6 N–H and O–H groups in total. The van der Waals surface area contributed by atoms with Crippen LogP contribution in [0.5, 0.6) is 0 Å². The highest BCUT2D eigenvalue weighted by atomic mass is 15.2. The van der Waals surface area contributed by atoms with Gasteiger partial charge < -0.3 is 17.2 Å². The molecule has 0 aliphatic heterocycles. The highest BCUT2D eigenvalue weighted by Crippen LogP contribution is 1.97. The van der Waals surface area contributed by atoms with Gasteiger partial charge in [0.15, 0.2) is 0 Å². The fourth-order valence-electron chi connectivity index (χ4n) is 1.20. The lowest BCUT2D eigenvalue weighted by atomic mass is 10.6. The molecule has 0 aliphatic carbocycles.